The first-order valence-electron chi connectivity index (χ1n) is 9.12. The molecule has 28 heavy (non-hydrogen) atoms. The van der Waals surface area contributed by atoms with Crippen molar-refractivity contribution < 1.29 is 19.4 Å². The van der Waals surface area contributed by atoms with E-state index in [-0.39, 0.29) is 5.78 Å². The number of piperazine rings is 1. The van der Waals surface area contributed by atoms with Crippen LogP contribution in [0.15, 0.2) is 42.6 Å². The second kappa shape index (κ2) is 8.21. The van der Waals surface area contributed by atoms with Crippen LogP contribution in [0.5, 0.6) is 5.75 Å². The fraction of sp³-hybridized carbons (Fsp3) is 0.333. The monoisotopic (exact) mass is 383 g/mol. The molecule has 1 amide bonds. The topological polar surface area (TPSA) is 73.3 Å². The summed E-state index contributed by atoms with van der Waals surface area (Å²) in [6.45, 7) is 2.01. The molecule has 0 aromatic heterocycles. The smallest absolute Gasteiger partial charge is 0.407 e. The normalized spacial score (nSPS) is 14.5. The third-order valence-electron chi connectivity index (χ3n) is 4.84. The zero-order chi connectivity index (χ0) is 20.3. The summed E-state index contributed by atoms with van der Waals surface area (Å²) in [5, 5.41) is 11.1. The van der Waals surface area contributed by atoms with Gasteiger partial charge < -0.3 is 24.5 Å². The summed E-state index contributed by atoms with van der Waals surface area (Å²) < 4.78 is 5.37. The Morgan fingerprint density at radius 2 is 1.82 bits per heavy atom. The van der Waals surface area contributed by atoms with Crippen LogP contribution in [-0.4, -0.2) is 74.2 Å². The lowest BCUT2D eigenvalue weighted by atomic mass is 10.0. The largest absolute Gasteiger partial charge is 0.497 e. The molecule has 148 valence electrons. The number of ether oxygens (including phenoxy) is 1. The van der Waals surface area contributed by atoms with E-state index in [1.54, 1.807) is 19.4 Å². The minimum Gasteiger partial charge on any atom is -0.497 e. The van der Waals surface area contributed by atoms with Gasteiger partial charge in [0.25, 0.3) is 0 Å². The summed E-state index contributed by atoms with van der Waals surface area (Å²) in [6.07, 6.45) is 2.38. The molecular formula is C21H25N3O4. The van der Waals surface area contributed by atoms with Crippen molar-refractivity contribution in [3.63, 3.8) is 0 Å². The summed E-state index contributed by atoms with van der Waals surface area (Å²) in [6, 6.07) is 9.54. The highest BCUT2D eigenvalue weighted by Crippen LogP contribution is 2.32. The van der Waals surface area contributed by atoms with Crippen LogP contribution in [0.4, 0.5) is 10.5 Å². The molecule has 0 aliphatic carbocycles. The number of hydrogen-bond donors (Lipinski definition) is 1. The Labute approximate surface area is 164 Å². The highest BCUT2D eigenvalue weighted by Gasteiger charge is 2.22. The van der Waals surface area contributed by atoms with Crippen LogP contribution >= 0.6 is 0 Å². The molecule has 1 heterocycles. The Balaban J connectivity index is 2.02. The fourth-order valence-corrected chi connectivity index (χ4v) is 3.30. The summed E-state index contributed by atoms with van der Waals surface area (Å²) in [5.74, 6) is 0.668. The number of carbonyl (C=O) groups is 2. The minimum atomic E-state index is -0.899. The van der Waals surface area contributed by atoms with Crippen LogP contribution in [0.25, 0.3) is 10.8 Å². The van der Waals surface area contributed by atoms with Gasteiger partial charge in [-0.05, 0) is 29.7 Å². The number of carboxylic acid groups (broad SMARTS) is 1. The molecule has 1 N–H and O–H groups in total. The molecule has 0 unspecified atom stereocenters. The fourth-order valence-electron chi connectivity index (χ4n) is 3.30. The van der Waals surface area contributed by atoms with E-state index in [4.69, 9.17) is 4.74 Å². The Kier molecular flexibility index (Phi) is 5.73. The molecule has 0 saturated carbocycles. The number of benzene rings is 2. The quantitative estimate of drug-likeness (QED) is 0.632. The lowest BCUT2D eigenvalue weighted by Gasteiger charge is -2.35. The van der Waals surface area contributed by atoms with Crippen LogP contribution < -0.4 is 9.64 Å². The van der Waals surface area contributed by atoms with Gasteiger partial charge in [0.05, 0.1) is 7.11 Å². The van der Waals surface area contributed by atoms with Gasteiger partial charge in [0.15, 0.2) is 5.78 Å². The van der Waals surface area contributed by atoms with Gasteiger partial charge in [-0.2, -0.15) is 0 Å². The molecule has 3 rings (SSSR count). The lowest BCUT2D eigenvalue weighted by Crippen LogP contribution is -2.48. The zero-order valence-corrected chi connectivity index (χ0v) is 16.4. The maximum Gasteiger partial charge on any atom is 0.407 e. The van der Waals surface area contributed by atoms with Crippen molar-refractivity contribution >= 4 is 28.3 Å². The predicted molar refractivity (Wildman–Crippen MR) is 109 cm³/mol. The first-order valence-corrected chi connectivity index (χ1v) is 9.12. The number of rotatable bonds is 5. The Morgan fingerprint density at radius 1 is 1.11 bits per heavy atom. The highest BCUT2D eigenvalue weighted by molar-refractivity contribution is 6.09. The molecule has 0 bridgehead atoms. The molecule has 7 heteroatoms. The second-order valence-corrected chi connectivity index (χ2v) is 6.98. The molecule has 0 spiro atoms. The summed E-state index contributed by atoms with van der Waals surface area (Å²) in [7, 11) is 5.35. The van der Waals surface area contributed by atoms with Crippen molar-refractivity contribution in [2.24, 2.45) is 0 Å². The highest BCUT2D eigenvalue weighted by atomic mass is 16.5. The number of methoxy groups -OCH3 is 1. The van der Waals surface area contributed by atoms with E-state index in [1.807, 2.05) is 49.3 Å². The van der Waals surface area contributed by atoms with Gasteiger partial charge in [-0.15, -0.1) is 0 Å². The second-order valence-electron chi connectivity index (χ2n) is 6.98. The molecular weight excluding hydrogens is 358 g/mol. The van der Waals surface area contributed by atoms with Crippen molar-refractivity contribution in [1.82, 2.24) is 9.80 Å². The van der Waals surface area contributed by atoms with Crippen molar-refractivity contribution in [3.05, 3.63) is 48.2 Å². The molecule has 7 nitrogen and oxygen atoms in total. The van der Waals surface area contributed by atoms with Gasteiger partial charge >= 0.3 is 6.09 Å². The van der Waals surface area contributed by atoms with E-state index in [0.29, 0.717) is 31.7 Å². The van der Waals surface area contributed by atoms with Gasteiger partial charge in [0.2, 0.25) is 0 Å². The molecule has 1 aliphatic heterocycles. The van der Waals surface area contributed by atoms with E-state index in [9.17, 15) is 14.7 Å². The number of nitrogens with zero attached hydrogens (tertiary/aromatic N) is 3. The number of amides is 1. The van der Waals surface area contributed by atoms with Crippen LogP contribution in [0.1, 0.15) is 10.4 Å². The van der Waals surface area contributed by atoms with Gasteiger partial charge in [0, 0.05) is 69.2 Å². The summed E-state index contributed by atoms with van der Waals surface area (Å²) in [4.78, 5) is 29.2. The predicted octanol–water partition coefficient (Wildman–Crippen LogP) is 2.91. The molecule has 1 fully saturated rings. The van der Waals surface area contributed by atoms with Crippen LogP contribution in [-0.2, 0) is 0 Å². The molecule has 1 saturated heterocycles. The molecule has 0 atom stereocenters. The third-order valence-corrected chi connectivity index (χ3v) is 4.84. The van der Waals surface area contributed by atoms with Crippen LogP contribution in [0, 0.1) is 0 Å². The SMILES string of the molecule is COc1ccc2cc(C(=O)/C=C/N(C)C)cc(N3CCN(C(=O)O)CC3)c2c1. The van der Waals surface area contributed by atoms with Crippen molar-refractivity contribution in [2.45, 2.75) is 0 Å². The summed E-state index contributed by atoms with van der Waals surface area (Å²) >= 11 is 0. The summed E-state index contributed by atoms with van der Waals surface area (Å²) in [5.41, 5.74) is 1.52. The average molecular weight is 383 g/mol. The van der Waals surface area contributed by atoms with Crippen molar-refractivity contribution in [3.8, 4) is 5.75 Å². The van der Waals surface area contributed by atoms with Crippen LogP contribution in [0.3, 0.4) is 0 Å². The lowest BCUT2D eigenvalue weighted by molar-refractivity contribution is 0.104. The number of fused-ring (bicyclic) bond motifs is 1. The number of hydrogen-bond acceptors (Lipinski definition) is 5. The number of allylic oxidation sites excluding steroid dienone is 1. The van der Waals surface area contributed by atoms with Gasteiger partial charge in [-0.25, -0.2) is 4.79 Å². The minimum absolute atomic E-state index is 0.0724. The van der Waals surface area contributed by atoms with E-state index in [2.05, 4.69) is 4.90 Å². The first-order chi connectivity index (χ1) is 13.4. The molecule has 2 aromatic carbocycles. The number of ketones is 1. The molecule has 1 aliphatic rings. The zero-order valence-electron chi connectivity index (χ0n) is 16.4. The Hall–Kier alpha value is -3.22. The van der Waals surface area contributed by atoms with Crippen molar-refractivity contribution in [1.29, 1.82) is 0 Å². The van der Waals surface area contributed by atoms with E-state index >= 15 is 0 Å². The van der Waals surface area contributed by atoms with E-state index in [1.165, 1.54) is 4.90 Å². The number of carbonyl (C=O) groups excluding carboxylic acids is 1. The molecule has 2 aromatic rings. The average Bonchev–Trinajstić information content (AvgIpc) is 2.70. The Bertz CT molecular complexity index is 915. The Morgan fingerprint density at radius 3 is 2.43 bits per heavy atom. The molecule has 0 radical (unpaired) electrons. The van der Waals surface area contributed by atoms with Gasteiger partial charge in [-0.3, -0.25) is 4.79 Å². The standard InChI is InChI=1S/C21H25N3O4/c1-22(2)7-6-20(25)16-12-15-4-5-17(28-3)14-18(15)19(13-16)23-8-10-24(11-9-23)21(26)27/h4-7,12-14H,8-11H2,1-3H3,(H,26,27)/b7-6+. The maximum atomic E-state index is 12.6. The van der Waals surface area contributed by atoms with Gasteiger partial charge in [-0.1, -0.05) is 6.07 Å². The third kappa shape index (κ3) is 4.19. The van der Waals surface area contributed by atoms with Crippen molar-refractivity contribution in [2.75, 3.05) is 52.3 Å². The first kappa shape index (κ1) is 19.5. The number of anilines is 1. The maximum absolute atomic E-state index is 12.6. The van der Waals surface area contributed by atoms with E-state index < -0.39 is 6.09 Å². The van der Waals surface area contributed by atoms with Crippen LogP contribution in [0.2, 0.25) is 0 Å². The van der Waals surface area contributed by atoms with Gasteiger partial charge in [0.1, 0.15) is 5.75 Å². The van der Waals surface area contributed by atoms with E-state index in [0.717, 1.165) is 22.2 Å².